The van der Waals surface area contributed by atoms with Crippen molar-refractivity contribution in [2.75, 3.05) is 27.3 Å². The van der Waals surface area contributed by atoms with E-state index in [1.165, 1.54) is 20.3 Å². The number of aliphatic imine (C=N–C) groups is 2. The van der Waals surface area contributed by atoms with Gasteiger partial charge in [0.15, 0.2) is 5.76 Å². The van der Waals surface area contributed by atoms with E-state index >= 15 is 4.39 Å². The number of methoxy groups -OCH3 is 2. The van der Waals surface area contributed by atoms with Crippen LogP contribution in [0.25, 0.3) is 33.3 Å². The fraction of sp³-hybridized carbons (Fsp3) is 0.471. The monoisotopic (exact) mass is 930 g/mol. The van der Waals surface area contributed by atoms with Gasteiger partial charge in [-0.1, -0.05) is 52.8 Å². The van der Waals surface area contributed by atoms with Gasteiger partial charge in [-0.2, -0.15) is 0 Å². The molecule has 0 aliphatic carbocycles. The summed E-state index contributed by atoms with van der Waals surface area (Å²) in [5.41, 5.74) is 7.55. The van der Waals surface area contributed by atoms with E-state index in [2.05, 4.69) is 21.9 Å². The highest BCUT2D eigenvalue weighted by atomic mass is 19.1. The van der Waals surface area contributed by atoms with Crippen LogP contribution >= 0.6 is 0 Å². The van der Waals surface area contributed by atoms with Gasteiger partial charge in [0.25, 0.3) is 0 Å². The number of ether oxygens (including phenoxy) is 3. The number of amides is 4. The lowest BCUT2D eigenvalue weighted by Crippen LogP contribution is -2.53. The van der Waals surface area contributed by atoms with E-state index in [0.29, 0.717) is 54.3 Å². The van der Waals surface area contributed by atoms with Gasteiger partial charge in [-0.3, -0.25) is 24.1 Å². The number of nitrogens with zero attached hydrogens (tertiary/aromatic N) is 6. The molecule has 5 aliphatic rings. The predicted molar refractivity (Wildman–Crippen MR) is 255 cm³/mol. The van der Waals surface area contributed by atoms with E-state index in [9.17, 15) is 19.2 Å². The van der Waals surface area contributed by atoms with Crippen LogP contribution in [0, 0.1) is 17.7 Å². The number of benzene rings is 2. The summed E-state index contributed by atoms with van der Waals surface area (Å²) in [6, 6.07) is 11.4. The Labute approximate surface area is 394 Å². The van der Waals surface area contributed by atoms with Gasteiger partial charge in [0.1, 0.15) is 23.7 Å². The number of carbonyl (C=O) groups excluding carboxylic acids is 4. The molecule has 2 fully saturated rings. The SMILES string of the molecule is COC(=O)N[C@H](C(=O)N1CCC[C@H]1C1=NC=C(c2cc(F)c3c(c2)OC(c2cc(C(C)C)no2)n2c-3cc3cc(C4=CN=C([C@@H]5CCCN5C(=O)[C@@H](NC(=O)OC)C(C)C)C4)ccc32)C1)C(C)C. The maximum absolute atomic E-state index is 16.9. The number of hydrogen-bond donors (Lipinski definition) is 2. The van der Waals surface area contributed by atoms with Gasteiger partial charge in [-0.05, 0) is 96.0 Å². The second kappa shape index (κ2) is 18.7. The number of hydrogen-bond acceptors (Lipinski definition) is 11. The maximum atomic E-state index is 16.9. The smallest absolute Gasteiger partial charge is 0.407 e. The van der Waals surface area contributed by atoms with Crippen molar-refractivity contribution in [3.63, 3.8) is 0 Å². The van der Waals surface area contributed by atoms with Gasteiger partial charge in [0.05, 0.1) is 48.8 Å². The average molecular weight is 931 g/mol. The summed E-state index contributed by atoms with van der Waals surface area (Å²) in [7, 11) is 2.56. The Balaban J connectivity index is 0.981. The van der Waals surface area contributed by atoms with Gasteiger partial charge < -0.3 is 39.2 Å². The Bertz CT molecular complexity index is 2800. The van der Waals surface area contributed by atoms with Crippen LogP contribution in [0.2, 0.25) is 0 Å². The molecule has 4 aromatic rings. The Hall–Kier alpha value is -6.78. The zero-order valence-corrected chi connectivity index (χ0v) is 39.8. The lowest BCUT2D eigenvalue weighted by atomic mass is 9.95. The van der Waals surface area contributed by atoms with E-state index in [0.717, 1.165) is 70.4 Å². The zero-order valence-electron chi connectivity index (χ0n) is 39.8. The molecule has 2 N–H and O–H groups in total. The number of fused-ring (bicyclic) bond motifs is 5. The van der Waals surface area contributed by atoms with Crippen molar-refractivity contribution >= 4 is 57.5 Å². The first-order valence-corrected chi connectivity index (χ1v) is 23.6. The van der Waals surface area contributed by atoms with E-state index in [4.69, 9.17) is 28.7 Å². The molecule has 0 bridgehead atoms. The molecule has 2 aromatic carbocycles. The number of rotatable bonds is 12. The number of alkyl carbamates (subject to hydrolysis) is 2. The molecule has 5 atom stereocenters. The summed E-state index contributed by atoms with van der Waals surface area (Å²) < 4.78 is 41.2. The second-order valence-corrected chi connectivity index (χ2v) is 19.3. The van der Waals surface area contributed by atoms with Gasteiger partial charge in [-0.15, -0.1) is 0 Å². The van der Waals surface area contributed by atoms with E-state index in [1.54, 1.807) is 11.1 Å². The Kier molecular flexibility index (Phi) is 12.8. The van der Waals surface area contributed by atoms with Gasteiger partial charge in [0, 0.05) is 61.2 Å². The van der Waals surface area contributed by atoms with Crippen LogP contribution in [-0.4, -0.2) is 106 Å². The molecule has 2 saturated heterocycles. The van der Waals surface area contributed by atoms with Crippen LogP contribution in [-0.2, 0) is 19.1 Å². The Morgan fingerprint density at radius 2 is 1.32 bits per heavy atom. The lowest BCUT2D eigenvalue weighted by molar-refractivity contribution is -0.134. The molecule has 9 rings (SSSR count). The molecule has 0 radical (unpaired) electrons. The van der Waals surface area contributed by atoms with Crippen LogP contribution in [0.5, 0.6) is 5.75 Å². The first-order chi connectivity index (χ1) is 32.6. The molecule has 4 amide bonds. The summed E-state index contributed by atoms with van der Waals surface area (Å²) in [6.07, 6.45) is 5.58. The summed E-state index contributed by atoms with van der Waals surface area (Å²) >= 11 is 0. The average Bonchev–Trinajstić information content (AvgIpc) is 4.18. The molecule has 16 nitrogen and oxygen atoms in total. The molecule has 68 heavy (non-hydrogen) atoms. The number of carbonyl (C=O) groups is 4. The highest BCUT2D eigenvalue weighted by Crippen LogP contribution is 2.48. The predicted octanol–water partition coefficient (Wildman–Crippen LogP) is 8.61. The summed E-state index contributed by atoms with van der Waals surface area (Å²) in [5, 5.41) is 10.6. The molecule has 7 heterocycles. The Morgan fingerprint density at radius 3 is 1.85 bits per heavy atom. The minimum atomic E-state index is -0.805. The van der Waals surface area contributed by atoms with E-state index < -0.39 is 36.3 Å². The normalized spacial score (nSPS) is 20.7. The van der Waals surface area contributed by atoms with Gasteiger partial charge in [-0.25, -0.2) is 14.0 Å². The van der Waals surface area contributed by atoms with Crippen LogP contribution < -0.4 is 15.4 Å². The molecule has 0 spiro atoms. The van der Waals surface area contributed by atoms with Crippen molar-refractivity contribution in [1.29, 1.82) is 0 Å². The number of halogens is 1. The quantitative estimate of drug-likeness (QED) is 0.141. The standard InChI is InChI=1S/C51H59FN8O8/c1-26(2)35-23-43(68-57-35)49-60-38-14-13-29(32-19-36(53-24-32)39-11-9-15-58(39)47(61)45(27(3)4)55-50(63)65-7)17-31(38)21-41(60)44-34(52)18-30(22-42(44)67-49)33-20-37(54-25-33)40-12-10-16-59(40)48(62)46(28(5)6)56-51(64)66-8/h13-14,17-18,21-28,39-40,45-46,49H,9-12,15-16,19-20H2,1-8H3,(H,55,63)(H,56,64)/t39-,40-,45-,46-,49?/m0/s1. The highest BCUT2D eigenvalue weighted by Gasteiger charge is 2.41. The third kappa shape index (κ3) is 8.55. The van der Waals surface area contributed by atoms with Crippen molar-refractivity contribution < 1.29 is 42.3 Å². The number of nitrogens with one attached hydrogen (secondary N) is 2. The topological polar surface area (TPSA) is 182 Å². The highest BCUT2D eigenvalue weighted by molar-refractivity contribution is 6.06. The van der Waals surface area contributed by atoms with Crippen molar-refractivity contribution in [3.8, 4) is 17.0 Å². The molecule has 358 valence electrons. The molecule has 1 unspecified atom stereocenters. The fourth-order valence-corrected chi connectivity index (χ4v) is 10.2. The van der Waals surface area contributed by atoms with Crippen LogP contribution in [0.15, 0.2) is 69.4 Å². The first-order valence-electron chi connectivity index (χ1n) is 23.6. The fourth-order valence-electron chi connectivity index (χ4n) is 10.2. The minimum Gasteiger partial charge on any atom is -0.462 e. The molecular weight excluding hydrogens is 872 g/mol. The lowest BCUT2D eigenvalue weighted by Gasteiger charge is -2.31. The van der Waals surface area contributed by atoms with E-state index in [1.807, 2.05) is 87.5 Å². The maximum Gasteiger partial charge on any atom is 0.407 e. The third-order valence-corrected chi connectivity index (χ3v) is 13.9. The first kappa shape index (κ1) is 46.3. The van der Waals surface area contributed by atoms with Crippen molar-refractivity contribution in [3.05, 3.63) is 83.3 Å². The van der Waals surface area contributed by atoms with E-state index in [-0.39, 0.29) is 41.7 Å². The van der Waals surface area contributed by atoms with Crippen LogP contribution in [0.3, 0.4) is 0 Å². The number of aromatic nitrogens is 2. The summed E-state index contributed by atoms with van der Waals surface area (Å²) in [4.78, 5) is 65.2. The minimum absolute atomic E-state index is 0.0974. The van der Waals surface area contributed by atoms with Gasteiger partial charge >= 0.3 is 12.2 Å². The van der Waals surface area contributed by atoms with Crippen LogP contribution in [0.1, 0.15) is 115 Å². The zero-order chi connectivity index (χ0) is 48.1. The van der Waals surface area contributed by atoms with Gasteiger partial charge in [0.2, 0.25) is 18.0 Å². The third-order valence-electron chi connectivity index (χ3n) is 13.9. The number of allylic oxidation sites excluding steroid dienone is 2. The molecular formula is C51H59FN8O8. The summed E-state index contributed by atoms with van der Waals surface area (Å²) in [6.45, 7) is 12.7. The largest absolute Gasteiger partial charge is 0.462 e. The molecule has 17 heteroatoms. The molecule has 0 saturated carbocycles. The number of likely N-dealkylation sites (tertiary alicyclic amines) is 2. The van der Waals surface area contributed by atoms with Crippen molar-refractivity contribution in [2.24, 2.45) is 21.8 Å². The van der Waals surface area contributed by atoms with Crippen molar-refractivity contribution in [2.45, 2.75) is 116 Å². The van der Waals surface area contributed by atoms with Crippen LogP contribution in [0.4, 0.5) is 14.0 Å². The Morgan fingerprint density at radius 1 is 0.750 bits per heavy atom. The van der Waals surface area contributed by atoms with Crippen molar-refractivity contribution in [1.82, 2.24) is 30.2 Å². The molecule has 5 aliphatic heterocycles. The molecule has 2 aromatic heterocycles. The summed E-state index contributed by atoms with van der Waals surface area (Å²) in [5.74, 6) is -0.188. The second-order valence-electron chi connectivity index (χ2n) is 19.3.